The predicted octanol–water partition coefficient (Wildman–Crippen LogP) is 3.16. The van der Waals surface area contributed by atoms with Crippen LogP contribution >= 0.6 is 27.3 Å². The number of amides is 1. The van der Waals surface area contributed by atoms with Crippen LogP contribution in [0.1, 0.15) is 15.4 Å². The van der Waals surface area contributed by atoms with Gasteiger partial charge < -0.3 is 15.6 Å². The Morgan fingerprint density at radius 2 is 2.30 bits per heavy atom. The van der Waals surface area contributed by atoms with Crippen molar-refractivity contribution in [1.29, 1.82) is 0 Å². The largest absolute Gasteiger partial charge is 0.397 e. The Morgan fingerprint density at radius 3 is 3.05 bits per heavy atom. The number of nitrogens with two attached hydrogens (primary N) is 1. The molecule has 2 heterocycles. The highest BCUT2D eigenvalue weighted by Crippen LogP contribution is 2.35. The van der Waals surface area contributed by atoms with Crippen molar-refractivity contribution >= 4 is 48.9 Å². The number of fused-ring (bicyclic) bond motifs is 1. The van der Waals surface area contributed by atoms with Crippen molar-refractivity contribution in [3.8, 4) is 0 Å². The zero-order chi connectivity index (χ0) is 14.1. The number of benzene rings is 1. The number of halogens is 1. The molecule has 0 saturated heterocycles. The second-order valence-corrected chi connectivity index (χ2v) is 6.13. The third kappa shape index (κ3) is 2.41. The summed E-state index contributed by atoms with van der Waals surface area (Å²) < 4.78 is 6.64. The molecule has 1 aromatic carbocycles. The van der Waals surface area contributed by atoms with E-state index in [0.717, 1.165) is 14.6 Å². The molecular formula is C13H10BrN3O2S. The number of nitrogens with one attached hydrogen (secondary N) is 1. The van der Waals surface area contributed by atoms with Gasteiger partial charge in [0.25, 0.3) is 5.91 Å². The lowest BCUT2D eigenvalue weighted by Gasteiger charge is -2.01. The van der Waals surface area contributed by atoms with Gasteiger partial charge in [0.1, 0.15) is 16.8 Å². The Hall–Kier alpha value is -1.86. The Kier molecular flexibility index (Phi) is 3.45. The van der Waals surface area contributed by atoms with Gasteiger partial charge in [0.05, 0.1) is 12.2 Å². The summed E-state index contributed by atoms with van der Waals surface area (Å²) in [5.41, 5.74) is 7.22. The lowest BCUT2D eigenvalue weighted by molar-refractivity contribution is 0.0955. The van der Waals surface area contributed by atoms with Crippen LogP contribution in [-0.4, -0.2) is 11.1 Å². The molecule has 3 N–H and O–H groups in total. The van der Waals surface area contributed by atoms with E-state index in [2.05, 4.69) is 26.4 Å². The van der Waals surface area contributed by atoms with Crippen molar-refractivity contribution in [2.24, 2.45) is 0 Å². The number of rotatable bonds is 3. The monoisotopic (exact) mass is 351 g/mol. The summed E-state index contributed by atoms with van der Waals surface area (Å²) in [5, 5.41) is 7.40. The molecule has 0 bridgehead atoms. The van der Waals surface area contributed by atoms with Crippen molar-refractivity contribution < 1.29 is 9.32 Å². The van der Waals surface area contributed by atoms with Gasteiger partial charge in [0.2, 0.25) is 0 Å². The highest BCUT2D eigenvalue weighted by molar-refractivity contribution is 9.10. The van der Waals surface area contributed by atoms with Crippen LogP contribution in [0.2, 0.25) is 0 Å². The average Bonchev–Trinajstić information content (AvgIpc) is 3.04. The SMILES string of the molecule is Nc1c(C(=O)NCc2ccon2)sc2cc(Br)ccc12. The van der Waals surface area contributed by atoms with Crippen LogP contribution in [0, 0.1) is 0 Å². The predicted molar refractivity (Wildman–Crippen MR) is 81.6 cm³/mol. The Bertz CT molecular complexity index is 767. The van der Waals surface area contributed by atoms with E-state index in [9.17, 15) is 4.79 Å². The summed E-state index contributed by atoms with van der Waals surface area (Å²) in [4.78, 5) is 12.7. The van der Waals surface area contributed by atoms with Gasteiger partial charge in [-0.2, -0.15) is 0 Å². The van der Waals surface area contributed by atoms with E-state index < -0.39 is 0 Å². The normalized spacial score (nSPS) is 10.8. The molecule has 3 rings (SSSR count). The van der Waals surface area contributed by atoms with Crippen molar-refractivity contribution in [1.82, 2.24) is 10.5 Å². The fourth-order valence-corrected chi connectivity index (χ4v) is 3.43. The fraction of sp³-hybridized carbons (Fsp3) is 0.0769. The van der Waals surface area contributed by atoms with Crippen molar-refractivity contribution in [2.45, 2.75) is 6.54 Å². The zero-order valence-electron chi connectivity index (χ0n) is 10.2. The Balaban J connectivity index is 1.85. The van der Waals surface area contributed by atoms with Crippen molar-refractivity contribution in [2.75, 3.05) is 5.73 Å². The molecule has 0 aliphatic rings. The summed E-state index contributed by atoms with van der Waals surface area (Å²) in [5.74, 6) is -0.206. The molecule has 0 spiro atoms. The summed E-state index contributed by atoms with van der Waals surface area (Å²) in [6.45, 7) is 0.312. The second kappa shape index (κ2) is 5.26. The van der Waals surface area contributed by atoms with Gasteiger partial charge in [0, 0.05) is 20.6 Å². The van der Waals surface area contributed by atoms with Crippen LogP contribution < -0.4 is 11.1 Å². The number of thiophene rings is 1. The van der Waals surface area contributed by atoms with Gasteiger partial charge in [0.15, 0.2) is 0 Å². The number of nitrogens with zero attached hydrogens (tertiary/aromatic N) is 1. The second-order valence-electron chi connectivity index (χ2n) is 4.16. The van der Waals surface area contributed by atoms with Gasteiger partial charge in [-0.3, -0.25) is 4.79 Å². The molecule has 102 valence electrons. The molecule has 7 heteroatoms. The third-order valence-electron chi connectivity index (χ3n) is 2.82. The molecule has 0 aliphatic heterocycles. The molecule has 0 radical (unpaired) electrons. The highest BCUT2D eigenvalue weighted by atomic mass is 79.9. The first-order valence-corrected chi connectivity index (χ1v) is 7.41. The van der Waals surface area contributed by atoms with Crippen molar-refractivity contribution in [3.63, 3.8) is 0 Å². The molecule has 3 aromatic rings. The van der Waals surface area contributed by atoms with E-state index in [0.29, 0.717) is 22.8 Å². The molecule has 0 saturated carbocycles. The molecule has 2 aromatic heterocycles. The highest BCUT2D eigenvalue weighted by Gasteiger charge is 2.16. The summed E-state index contributed by atoms with van der Waals surface area (Å²) in [6.07, 6.45) is 1.47. The molecule has 0 fully saturated rings. The first-order chi connectivity index (χ1) is 9.65. The fourth-order valence-electron chi connectivity index (χ4n) is 1.84. The van der Waals surface area contributed by atoms with Crippen LogP contribution in [-0.2, 0) is 6.54 Å². The average molecular weight is 352 g/mol. The third-order valence-corrected chi connectivity index (χ3v) is 4.48. The summed E-state index contributed by atoms with van der Waals surface area (Å²) in [7, 11) is 0. The number of nitrogen functional groups attached to an aromatic ring is 1. The minimum atomic E-state index is -0.206. The zero-order valence-corrected chi connectivity index (χ0v) is 12.6. The molecule has 0 unspecified atom stereocenters. The maximum absolute atomic E-state index is 12.2. The van der Waals surface area contributed by atoms with E-state index in [4.69, 9.17) is 10.3 Å². The number of anilines is 1. The number of hydrogen-bond donors (Lipinski definition) is 2. The smallest absolute Gasteiger partial charge is 0.263 e. The standard InChI is InChI=1S/C13H10BrN3O2S/c14-7-1-2-9-10(5-7)20-12(11(9)15)13(18)16-6-8-3-4-19-17-8/h1-5H,6,15H2,(H,16,18). The minimum absolute atomic E-state index is 0.206. The minimum Gasteiger partial charge on any atom is -0.397 e. The molecule has 5 nitrogen and oxygen atoms in total. The van der Waals surface area contributed by atoms with Gasteiger partial charge >= 0.3 is 0 Å². The maximum Gasteiger partial charge on any atom is 0.263 e. The molecule has 20 heavy (non-hydrogen) atoms. The van der Waals surface area contributed by atoms with E-state index >= 15 is 0 Å². The topological polar surface area (TPSA) is 81.2 Å². The number of hydrogen-bond acceptors (Lipinski definition) is 5. The maximum atomic E-state index is 12.2. The van der Waals surface area contributed by atoms with Gasteiger partial charge in [-0.25, -0.2) is 0 Å². The molecule has 0 atom stereocenters. The van der Waals surface area contributed by atoms with Gasteiger partial charge in [-0.05, 0) is 12.1 Å². The van der Waals surface area contributed by atoms with Crippen LogP contribution in [0.15, 0.2) is 39.5 Å². The van der Waals surface area contributed by atoms with Crippen LogP contribution in [0.3, 0.4) is 0 Å². The first-order valence-electron chi connectivity index (χ1n) is 5.80. The van der Waals surface area contributed by atoms with Gasteiger partial charge in [-0.1, -0.05) is 27.2 Å². The summed E-state index contributed by atoms with van der Waals surface area (Å²) in [6, 6.07) is 7.46. The first kappa shape index (κ1) is 13.1. The van der Waals surface area contributed by atoms with E-state index in [1.165, 1.54) is 17.6 Å². The number of carbonyl (C=O) groups excluding carboxylic acids is 1. The molecule has 0 aliphatic carbocycles. The van der Waals surface area contributed by atoms with E-state index in [1.54, 1.807) is 6.07 Å². The molecular weight excluding hydrogens is 342 g/mol. The Morgan fingerprint density at radius 1 is 1.45 bits per heavy atom. The van der Waals surface area contributed by atoms with Gasteiger partial charge in [-0.15, -0.1) is 11.3 Å². The Labute approximate surface area is 126 Å². The van der Waals surface area contributed by atoms with E-state index in [-0.39, 0.29) is 5.91 Å². The number of carbonyl (C=O) groups is 1. The number of aromatic nitrogens is 1. The lowest BCUT2D eigenvalue weighted by Crippen LogP contribution is -2.22. The summed E-state index contributed by atoms with van der Waals surface area (Å²) >= 11 is 4.78. The molecule has 1 amide bonds. The lowest BCUT2D eigenvalue weighted by atomic mass is 10.2. The van der Waals surface area contributed by atoms with Crippen LogP contribution in [0.4, 0.5) is 5.69 Å². The van der Waals surface area contributed by atoms with Crippen LogP contribution in [0.25, 0.3) is 10.1 Å². The van der Waals surface area contributed by atoms with E-state index in [1.807, 2.05) is 18.2 Å². The van der Waals surface area contributed by atoms with Crippen molar-refractivity contribution in [3.05, 3.63) is 45.6 Å². The quantitative estimate of drug-likeness (QED) is 0.759. The van der Waals surface area contributed by atoms with Crippen LogP contribution in [0.5, 0.6) is 0 Å².